The molecule has 5 nitrogen and oxygen atoms in total. The second-order valence-electron chi connectivity index (χ2n) is 6.98. The van der Waals surface area contributed by atoms with Crippen LogP contribution in [0.25, 0.3) is 32.9 Å². The lowest BCUT2D eigenvalue weighted by Gasteiger charge is -2.19. The minimum atomic E-state index is 0.691. The van der Waals surface area contributed by atoms with Crippen molar-refractivity contribution in [1.29, 1.82) is 0 Å². The lowest BCUT2D eigenvalue weighted by Crippen LogP contribution is -2.21. The summed E-state index contributed by atoms with van der Waals surface area (Å²) in [5, 5.41) is 3.19. The van der Waals surface area contributed by atoms with Crippen molar-refractivity contribution in [3.63, 3.8) is 0 Å². The number of hydrogen-bond donors (Lipinski definition) is 0. The summed E-state index contributed by atoms with van der Waals surface area (Å²) in [6.07, 6.45) is 1.73. The van der Waals surface area contributed by atoms with E-state index < -0.39 is 0 Å². The number of anilines is 1. The molecule has 0 saturated heterocycles. The van der Waals surface area contributed by atoms with Gasteiger partial charge in [0, 0.05) is 37.3 Å². The quantitative estimate of drug-likeness (QED) is 0.425. The smallest absolute Gasteiger partial charge is 0.161 e. The summed E-state index contributed by atoms with van der Waals surface area (Å²) in [5.41, 5.74) is 4.15. The zero-order valence-electron chi connectivity index (χ0n) is 17.2. The summed E-state index contributed by atoms with van der Waals surface area (Å²) >= 11 is 0. The molecule has 0 saturated carbocycles. The fourth-order valence-electron chi connectivity index (χ4n) is 3.68. The SMILES string of the molecule is COCCN(C)c1ccc(-c2c3cc(OC)c(OC)cc3cc3ccoc23)cc1. The van der Waals surface area contributed by atoms with Crippen molar-refractivity contribution >= 4 is 27.4 Å². The third-order valence-corrected chi connectivity index (χ3v) is 5.29. The molecule has 0 bridgehead atoms. The van der Waals surface area contributed by atoms with Crippen molar-refractivity contribution in [3.8, 4) is 22.6 Å². The third-order valence-electron chi connectivity index (χ3n) is 5.29. The van der Waals surface area contributed by atoms with Crippen molar-refractivity contribution in [1.82, 2.24) is 0 Å². The minimum Gasteiger partial charge on any atom is -0.493 e. The van der Waals surface area contributed by atoms with Gasteiger partial charge in [0.15, 0.2) is 11.5 Å². The molecule has 0 amide bonds. The van der Waals surface area contributed by atoms with Gasteiger partial charge in [0.1, 0.15) is 5.58 Å². The van der Waals surface area contributed by atoms with Crippen molar-refractivity contribution in [2.24, 2.45) is 0 Å². The molecule has 4 rings (SSSR count). The zero-order chi connectivity index (χ0) is 20.4. The molecule has 1 heterocycles. The number of ether oxygens (including phenoxy) is 3. The Morgan fingerprint density at radius 3 is 2.28 bits per heavy atom. The Bertz CT molecular complexity index is 1130. The van der Waals surface area contributed by atoms with Gasteiger partial charge in [-0.1, -0.05) is 12.1 Å². The van der Waals surface area contributed by atoms with Crippen LogP contribution in [0, 0.1) is 0 Å². The number of nitrogens with zero attached hydrogens (tertiary/aromatic N) is 1. The fraction of sp³-hybridized carbons (Fsp3) is 0.250. The zero-order valence-corrected chi connectivity index (χ0v) is 17.2. The predicted molar refractivity (Wildman–Crippen MR) is 117 cm³/mol. The molecular weight excluding hydrogens is 366 g/mol. The Kier molecular flexibility index (Phi) is 5.32. The van der Waals surface area contributed by atoms with E-state index in [2.05, 4.69) is 42.3 Å². The molecule has 29 heavy (non-hydrogen) atoms. The molecule has 0 N–H and O–H groups in total. The van der Waals surface area contributed by atoms with Crippen LogP contribution in [0.1, 0.15) is 0 Å². The lowest BCUT2D eigenvalue weighted by molar-refractivity contribution is 0.206. The van der Waals surface area contributed by atoms with Crippen LogP contribution in [0.2, 0.25) is 0 Å². The minimum absolute atomic E-state index is 0.691. The van der Waals surface area contributed by atoms with E-state index in [1.54, 1.807) is 27.6 Å². The van der Waals surface area contributed by atoms with E-state index in [0.29, 0.717) is 18.1 Å². The second-order valence-corrected chi connectivity index (χ2v) is 6.98. The summed E-state index contributed by atoms with van der Waals surface area (Å²) in [4.78, 5) is 2.17. The van der Waals surface area contributed by atoms with Crippen molar-refractivity contribution in [2.75, 3.05) is 46.4 Å². The van der Waals surface area contributed by atoms with Gasteiger partial charge in [0.2, 0.25) is 0 Å². The number of hydrogen-bond acceptors (Lipinski definition) is 5. The van der Waals surface area contributed by atoms with Gasteiger partial charge >= 0.3 is 0 Å². The van der Waals surface area contributed by atoms with Crippen LogP contribution >= 0.6 is 0 Å². The number of benzene rings is 3. The highest BCUT2D eigenvalue weighted by Crippen LogP contribution is 2.41. The van der Waals surface area contributed by atoms with Gasteiger partial charge in [-0.2, -0.15) is 0 Å². The summed E-state index contributed by atoms with van der Waals surface area (Å²) in [5.74, 6) is 1.41. The Morgan fingerprint density at radius 1 is 0.862 bits per heavy atom. The van der Waals surface area contributed by atoms with Gasteiger partial charge in [0.05, 0.1) is 27.1 Å². The van der Waals surface area contributed by atoms with Gasteiger partial charge in [-0.05, 0) is 52.7 Å². The first-order valence-corrected chi connectivity index (χ1v) is 9.52. The summed E-state index contributed by atoms with van der Waals surface area (Å²) in [6.45, 7) is 1.53. The summed E-state index contributed by atoms with van der Waals surface area (Å²) in [6, 6.07) is 16.6. The topological polar surface area (TPSA) is 44.1 Å². The van der Waals surface area contributed by atoms with E-state index in [0.717, 1.165) is 45.1 Å². The first-order chi connectivity index (χ1) is 14.2. The first-order valence-electron chi connectivity index (χ1n) is 9.52. The van der Waals surface area contributed by atoms with E-state index in [9.17, 15) is 0 Å². The van der Waals surface area contributed by atoms with Gasteiger partial charge in [-0.25, -0.2) is 0 Å². The predicted octanol–water partition coefficient (Wildman–Crippen LogP) is 5.35. The molecule has 0 aliphatic carbocycles. The van der Waals surface area contributed by atoms with Crippen LogP contribution in [0.4, 0.5) is 5.69 Å². The van der Waals surface area contributed by atoms with Crippen molar-refractivity contribution in [2.45, 2.75) is 0 Å². The van der Waals surface area contributed by atoms with E-state index >= 15 is 0 Å². The molecule has 4 aromatic rings. The van der Waals surface area contributed by atoms with E-state index in [-0.39, 0.29) is 0 Å². The molecule has 0 fully saturated rings. The highest BCUT2D eigenvalue weighted by Gasteiger charge is 2.16. The Balaban J connectivity index is 1.88. The molecule has 5 heteroatoms. The maximum atomic E-state index is 5.87. The number of likely N-dealkylation sites (N-methyl/N-ethyl adjacent to an activating group) is 1. The summed E-state index contributed by atoms with van der Waals surface area (Å²) < 4.78 is 22.1. The normalized spacial score (nSPS) is 11.2. The molecular formula is C24H25NO4. The average Bonchev–Trinajstić information content (AvgIpc) is 3.22. The van der Waals surface area contributed by atoms with Gasteiger partial charge in [-0.15, -0.1) is 0 Å². The molecule has 0 aliphatic rings. The Labute approximate surface area is 170 Å². The fourth-order valence-corrected chi connectivity index (χ4v) is 3.68. The molecule has 0 unspecified atom stereocenters. The van der Waals surface area contributed by atoms with Crippen molar-refractivity contribution < 1.29 is 18.6 Å². The number of rotatable bonds is 7. The number of furan rings is 1. The number of methoxy groups -OCH3 is 3. The van der Waals surface area contributed by atoms with Crippen LogP contribution in [0.15, 0.2) is 59.2 Å². The van der Waals surface area contributed by atoms with E-state index in [1.807, 2.05) is 18.2 Å². The Morgan fingerprint density at radius 2 is 1.59 bits per heavy atom. The molecule has 3 aromatic carbocycles. The number of fused-ring (bicyclic) bond motifs is 2. The maximum absolute atomic E-state index is 5.87. The standard InChI is InChI=1S/C24H25NO4/c1-25(10-12-26-2)19-7-5-16(6-8-19)23-20-15-22(28-4)21(27-3)14-18(20)13-17-9-11-29-24(17)23/h5-9,11,13-15H,10,12H2,1-4H3. The van der Waals surface area contributed by atoms with Gasteiger partial charge < -0.3 is 23.5 Å². The van der Waals surface area contributed by atoms with Crippen molar-refractivity contribution in [3.05, 3.63) is 54.8 Å². The lowest BCUT2D eigenvalue weighted by atomic mass is 9.95. The first kappa shape index (κ1) is 19.2. The van der Waals surface area contributed by atoms with Crippen LogP contribution in [0.3, 0.4) is 0 Å². The summed E-state index contributed by atoms with van der Waals surface area (Å²) in [7, 11) is 7.09. The molecule has 0 aliphatic heterocycles. The monoisotopic (exact) mass is 391 g/mol. The average molecular weight is 391 g/mol. The second kappa shape index (κ2) is 8.05. The Hall–Kier alpha value is -3.18. The molecule has 150 valence electrons. The molecule has 0 atom stereocenters. The van der Waals surface area contributed by atoms with Crippen LogP contribution in [0.5, 0.6) is 11.5 Å². The van der Waals surface area contributed by atoms with E-state index in [1.165, 1.54) is 0 Å². The molecule has 0 radical (unpaired) electrons. The van der Waals surface area contributed by atoms with Crippen LogP contribution in [-0.4, -0.2) is 41.5 Å². The highest BCUT2D eigenvalue weighted by molar-refractivity contribution is 6.11. The van der Waals surface area contributed by atoms with Gasteiger partial charge in [-0.3, -0.25) is 0 Å². The van der Waals surface area contributed by atoms with Crippen LogP contribution < -0.4 is 14.4 Å². The largest absolute Gasteiger partial charge is 0.493 e. The van der Waals surface area contributed by atoms with Gasteiger partial charge in [0.25, 0.3) is 0 Å². The highest BCUT2D eigenvalue weighted by atomic mass is 16.5. The third kappa shape index (κ3) is 3.49. The van der Waals surface area contributed by atoms with E-state index in [4.69, 9.17) is 18.6 Å². The molecule has 0 spiro atoms. The molecule has 1 aromatic heterocycles. The van der Waals surface area contributed by atoms with Crippen LogP contribution in [-0.2, 0) is 4.74 Å². The maximum Gasteiger partial charge on any atom is 0.161 e.